The van der Waals surface area contributed by atoms with Gasteiger partial charge in [-0.15, -0.1) is 5.73 Å². The second kappa shape index (κ2) is 11.9. The Labute approximate surface area is 203 Å². The molecule has 0 aliphatic heterocycles. The highest BCUT2D eigenvalue weighted by Crippen LogP contribution is 2.27. The highest BCUT2D eigenvalue weighted by Gasteiger charge is 2.10. The van der Waals surface area contributed by atoms with Crippen molar-refractivity contribution in [1.29, 1.82) is 0 Å². The lowest BCUT2D eigenvalue weighted by Crippen LogP contribution is -2.22. The molecular formula is C32H34O2. The molecular weight excluding hydrogens is 416 g/mol. The molecule has 0 heterocycles. The average Bonchev–Trinajstić information content (AvgIpc) is 2.83. The van der Waals surface area contributed by atoms with Crippen LogP contribution in [0, 0.1) is 13.8 Å². The fraction of sp³-hybridized carbons (Fsp3) is 0.219. The van der Waals surface area contributed by atoms with E-state index in [1.54, 1.807) is 0 Å². The van der Waals surface area contributed by atoms with E-state index in [9.17, 15) is 0 Å². The van der Waals surface area contributed by atoms with Gasteiger partial charge in [0.2, 0.25) is 0 Å². The van der Waals surface area contributed by atoms with Gasteiger partial charge in [0.05, 0.1) is 0 Å². The van der Waals surface area contributed by atoms with E-state index in [-0.39, 0.29) is 0 Å². The van der Waals surface area contributed by atoms with Crippen LogP contribution in [0.3, 0.4) is 0 Å². The molecule has 0 unspecified atom stereocenters. The van der Waals surface area contributed by atoms with Crippen molar-refractivity contribution in [2.45, 2.75) is 40.7 Å². The number of hydrogen-bond donors (Lipinski definition) is 0. The Morgan fingerprint density at radius 2 is 1.71 bits per heavy atom. The van der Waals surface area contributed by atoms with Crippen LogP contribution in [0.25, 0.3) is 18.2 Å². The van der Waals surface area contributed by atoms with Crippen LogP contribution in [-0.4, -0.2) is 6.61 Å². The molecule has 0 radical (unpaired) electrons. The van der Waals surface area contributed by atoms with E-state index in [0.29, 0.717) is 13.2 Å². The Morgan fingerprint density at radius 1 is 0.971 bits per heavy atom. The van der Waals surface area contributed by atoms with E-state index in [0.717, 1.165) is 45.1 Å². The Morgan fingerprint density at radius 3 is 2.41 bits per heavy atom. The first-order valence-corrected chi connectivity index (χ1v) is 11.7. The third-order valence-electron chi connectivity index (χ3n) is 5.74. The van der Waals surface area contributed by atoms with Gasteiger partial charge in [-0.2, -0.15) is 0 Å². The summed E-state index contributed by atoms with van der Waals surface area (Å²) in [4.78, 5) is 0. The molecule has 0 saturated carbocycles. The summed E-state index contributed by atoms with van der Waals surface area (Å²) < 4.78 is 12.1. The lowest BCUT2D eigenvalue weighted by atomic mass is 9.94. The largest absolute Gasteiger partial charge is 0.489 e. The summed E-state index contributed by atoms with van der Waals surface area (Å²) in [5, 5.41) is 2.15. The van der Waals surface area contributed by atoms with Crippen molar-refractivity contribution in [2.24, 2.45) is 0 Å². The molecule has 0 atom stereocenters. The topological polar surface area (TPSA) is 18.5 Å². The molecule has 0 aliphatic carbocycles. The zero-order valence-corrected chi connectivity index (χ0v) is 20.8. The van der Waals surface area contributed by atoms with Gasteiger partial charge in [0, 0.05) is 11.6 Å². The van der Waals surface area contributed by atoms with Gasteiger partial charge in [-0.3, -0.25) is 0 Å². The molecule has 3 aromatic rings. The summed E-state index contributed by atoms with van der Waals surface area (Å²) in [6.07, 6.45) is 5.05. The van der Waals surface area contributed by atoms with Gasteiger partial charge in [-0.1, -0.05) is 80.3 Å². The molecule has 0 spiro atoms. The fourth-order valence-electron chi connectivity index (χ4n) is 3.86. The maximum absolute atomic E-state index is 6.13. The van der Waals surface area contributed by atoms with Crippen molar-refractivity contribution < 1.29 is 9.47 Å². The molecule has 0 amide bonds. The van der Waals surface area contributed by atoms with Crippen molar-refractivity contribution in [2.75, 3.05) is 6.61 Å². The third kappa shape index (κ3) is 6.63. The van der Waals surface area contributed by atoms with Gasteiger partial charge < -0.3 is 9.47 Å². The van der Waals surface area contributed by atoms with Crippen LogP contribution in [0.15, 0.2) is 84.6 Å². The molecule has 0 aromatic heterocycles. The molecule has 0 bridgehead atoms. The van der Waals surface area contributed by atoms with Crippen LogP contribution in [0.2, 0.25) is 0 Å². The summed E-state index contributed by atoms with van der Waals surface area (Å²) in [6.45, 7) is 17.3. The Kier molecular flexibility index (Phi) is 8.73. The maximum atomic E-state index is 6.13. The predicted octanol–water partition coefficient (Wildman–Crippen LogP) is 6.68. The average molecular weight is 451 g/mol. The van der Waals surface area contributed by atoms with Gasteiger partial charge in [0.1, 0.15) is 24.7 Å². The molecule has 0 saturated heterocycles. The summed E-state index contributed by atoms with van der Waals surface area (Å²) >= 11 is 0. The van der Waals surface area contributed by atoms with Crippen LogP contribution in [0.4, 0.5) is 0 Å². The lowest BCUT2D eigenvalue weighted by Gasteiger charge is -2.15. The van der Waals surface area contributed by atoms with E-state index in [2.05, 4.69) is 95.1 Å². The molecule has 0 aliphatic rings. The Hall–Kier alpha value is -3.74. The first-order chi connectivity index (χ1) is 16.4. The second-order valence-corrected chi connectivity index (χ2v) is 8.55. The zero-order chi connectivity index (χ0) is 24.5. The molecule has 2 nitrogen and oxygen atoms in total. The highest BCUT2D eigenvalue weighted by molar-refractivity contribution is 5.70. The van der Waals surface area contributed by atoms with Crippen LogP contribution in [0.5, 0.6) is 11.5 Å². The Bertz CT molecular complexity index is 1340. The van der Waals surface area contributed by atoms with Crippen LogP contribution in [-0.2, 0) is 6.61 Å². The number of ether oxygens (including phenoxy) is 2. The van der Waals surface area contributed by atoms with Crippen molar-refractivity contribution in [3.05, 3.63) is 117 Å². The molecule has 3 rings (SSSR count). The standard InChI is InChI=1S/C32H34O2/c1-7-27(8-2)32-25(5)11-9-12-29(32)22-34-31-14-10-13-30(20-31)33-21-24(4)16-18-28-17-15-23(3)19-26(28)6/h9-20H,1,6,8,21-22H2,2-5H3/b24-16+,28-18-. The first kappa shape index (κ1) is 24.9. The zero-order valence-electron chi connectivity index (χ0n) is 20.8. The van der Waals surface area contributed by atoms with Crippen molar-refractivity contribution in [3.8, 4) is 11.5 Å². The van der Waals surface area contributed by atoms with Crippen LogP contribution < -0.4 is 19.9 Å². The van der Waals surface area contributed by atoms with Crippen molar-refractivity contribution >= 4 is 18.2 Å². The van der Waals surface area contributed by atoms with Crippen LogP contribution >= 0.6 is 0 Å². The monoisotopic (exact) mass is 450 g/mol. The van der Waals surface area contributed by atoms with Gasteiger partial charge in [0.15, 0.2) is 0 Å². The maximum Gasteiger partial charge on any atom is 0.123 e. The second-order valence-electron chi connectivity index (χ2n) is 8.55. The minimum atomic E-state index is 0.476. The van der Waals surface area contributed by atoms with Gasteiger partial charge in [0.25, 0.3) is 0 Å². The number of benzene rings is 3. The van der Waals surface area contributed by atoms with E-state index in [1.807, 2.05) is 24.3 Å². The van der Waals surface area contributed by atoms with Crippen molar-refractivity contribution in [3.63, 3.8) is 0 Å². The summed E-state index contributed by atoms with van der Waals surface area (Å²) in [5.74, 6) is 1.56. The third-order valence-corrected chi connectivity index (χ3v) is 5.74. The fourth-order valence-corrected chi connectivity index (χ4v) is 3.86. The minimum Gasteiger partial charge on any atom is -0.489 e. The van der Waals surface area contributed by atoms with Crippen LogP contribution in [0.1, 0.15) is 42.5 Å². The molecule has 0 fully saturated rings. The summed E-state index contributed by atoms with van der Waals surface area (Å²) in [6, 6.07) is 20.4. The summed E-state index contributed by atoms with van der Waals surface area (Å²) in [7, 11) is 0. The first-order valence-electron chi connectivity index (χ1n) is 11.7. The molecule has 0 N–H and O–H groups in total. The SMILES string of the molecule is C=C=C(CC)c1c(C)cccc1COc1cccc(OC/C(C)=C/C=c2/ccc(C)cc2=C)c1. The predicted molar refractivity (Wildman–Crippen MR) is 144 cm³/mol. The smallest absolute Gasteiger partial charge is 0.123 e. The minimum absolute atomic E-state index is 0.476. The molecule has 3 aromatic carbocycles. The number of aryl methyl sites for hydroxylation is 2. The van der Waals surface area contributed by atoms with Gasteiger partial charge >= 0.3 is 0 Å². The van der Waals surface area contributed by atoms with E-state index < -0.39 is 0 Å². The number of rotatable bonds is 9. The highest BCUT2D eigenvalue weighted by atomic mass is 16.5. The molecule has 2 heteroatoms. The Balaban J connectivity index is 1.67. The number of hydrogen-bond acceptors (Lipinski definition) is 2. The lowest BCUT2D eigenvalue weighted by molar-refractivity contribution is 0.300. The number of allylic oxidation sites excluding steroid dienone is 2. The molecule has 34 heavy (non-hydrogen) atoms. The van der Waals surface area contributed by atoms with Gasteiger partial charge in [-0.05, 0) is 72.0 Å². The van der Waals surface area contributed by atoms with E-state index >= 15 is 0 Å². The van der Waals surface area contributed by atoms with Gasteiger partial charge in [-0.25, -0.2) is 0 Å². The molecule has 174 valence electrons. The van der Waals surface area contributed by atoms with Crippen molar-refractivity contribution in [1.82, 2.24) is 0 Å². The van der Waals surface area contributed by atoms with E-state index in [1.165, 1.54) is 16.7 Å². The summed E-state index contributed by atoms with van der Waals surface area (Å²) in [5.41, 5.74) is 10.1. The van der Waals surface area contributed by atoms with E-state index in [4.69, 9.17) is 9.47 Å². The quantitative estimate of drug-likeness (QED) is 0.339. The normalized spacial score (nSPS) is 11.8.